The van der Waals surface area contributed by atoms with E-state index in [2.05, 4.69) is 0 Å². The van der Waals surface area contributed by atoms with Crippen molar-refractivity contribution in [3.05, 3.63) is 68.2 Å². The molecule has 0 spiro atoms. The van der Waals surface area contributed by atoms with Crippen molar-refractivity contribution < 1.29 is 19.2 Å². The van der Waals surface area contributed by atoms with Gasteiger partial charge in [-0.1, -0.05) is 29.3 Å². The Labute approximate surface area is 141 Å². The molecule has 0 aliphatic heterocycles. The van der Waals surface area contributed by atoms with E-state index in [-0.39, 0.29) is 18.9 Å². The Bertz CT molecular complexity index is 698. The van der Waals surface area contributed by atoms with Crippen LogP contribution in [0, 0.1) is 10.1 Å². The van der Waals surface area contributed by atoms with Crippen LogP contribution in [-0.2, 0) is 16.1 Å². The summed E-state index contributed by atoms with van der Waals surface area (Å²) in [5.41, 5.74) is 0.452. The topological polar surface area (TPSA) is 78.7 Å². The number of nitro benzene ring substituents is 1. The highest BCUT2D eigenvalue weighted by Crippen LogP contribution is 2.25. The third-order valence-corrected chi connectivity index (χ3v) is 3.55. The number of nitro groups is 1. The quantitative estimate of drug-likeness (QED) is 0.444. The summed E-state index contributed by atoms with van der Waals surface area (Å²) < 4.78 is 10.2. The summed E-state index contributed by atoms with van der Waals surface area (Å²) in [5.74, 6) is -0.289. The largest absolute Gasteiger partial charge is 0.482 e. The van der Waals surface area contributed by atoms with E-state index >= 15 is 0 Å². The summed E-state index contributed by atoms with van der Waals surface area (Å²) in [4.78, 5) is 21.6. The Hall–Kier alpha value is -2.31. The predicted molar refractivity (Wildman–Crippen MR) is 84.8 cm³/mol. The van der Waals surface area contributed by atoms with Crippen LogP contribution in [0.1, 0.15) is 5.56 Å². The zero-order chi connectivity index (χ0) is 16.8. The zero-order valence-electron chi connectivity index (χ0n) is 11.7. The molecule has 120 valence electrons. The molecule has 23 heavy (non-hydrogen) atoms. The van der Waals surface area contributed by atoms with Crippen LogP contribution in [-0.4, -0.2) is 17.5 Å². The van der Waals surface area contributed by atoms with Gasteiger partial charge in [0.05, 0.1) is 4.92 Å². The van der Waals surface area contributed by atoms with Gasteiger partial charge in [0.2, 0.25) is 0 Å². The number of ether oxygens (including phenoxy) is 2. The third-order valence-electron chi connectivity index (χ3n) is 2.84. The maximum Gasteiger partial charge on any atom is 0.344 e. The first kappa shape index (κ1) is 17.1. The van der Waals surface area contributed by atoms with E-state index in [0.29, 0.717) is 21.4 Å². The normalized spacial score (nSPS) is 10.2. The lowest BCUT2D eigenvalue weighted by atomic mass is 10.2. The molecule has 0 amide bonds. The molecule has 2 rings (SSSR count). The number of hydrogen-bond acceptors (Lipinski definition) is 5. The Kier molecular flexibility index (Phi) is 5.78. The number of carbonyl (C=O) groups excluding carboxylic acids is 1. The second-order valence-electron chi connectivity index (χ2n) is 4.40. The van der Waals surface area contributed by atoms with Crippen molar-refractivity contribution in [2.24, 2.45) is 0 Å². The Morgan fingerprint density at radius 3 is 2.26 bits per heavy atom. The zero-order valence-corrected chi connectivity index (χ0v) is 13.2. The van der Waals surface area contributed by atoms with Crippen LogP contribution in [0.25, 0.3) is 0 Å². The Morgan fingerprint density at radius 2 is 1.70 bits per heavy atom. The van der Waals surface area contributed by atoms with Gasteiger partial charge in [-0.05, 0) is 24.3 Å². The molecule has 0 saturated heterocycles. The van der Waals surface area contributed by atoms with Gasteiger partial charge in [-0.25, -0.2) is 4.79 Å². The van der Waals surface area contributed by atoms with Crippen LogP contribution in [0.3, 0.4) is 0 Å². The fourth-order valence-electron chi connectivity index (χ4n) is 1.67. The third kappa shape index (κ3) is 4.84. The summed E-state index contributed by atoms with van der Waals surface area (Å²) in [6, 6.07) is 10.3. The lowest BCUT2D eigenvalue weighted by Crippen LogP contribution is -2.15. The fraction of sp³-hybridized carbons (Fsp3) is 0.133. The van der Waals surface area contributed by atoms with E-state index in [1.165, 1.54) is 24.3 Å². The minimum atomic E-state index is -0.612. The first-order chi connectivity index (χ1) is 11.0. The second-order valence-corrected chi connectivity index (χ2v) is 5.21. The molecule has 2 aromatic carbocycles. The highest BCUT2D eigenvalue weighted by Gasteiger charge is 2.10. The summed E-state index contributed by atoms with van der Waals surface area (Å²) in [6.45, 7) is -0.402. The number of halogens is 2. The van der Waals surface area contributed by atoms with Crippen molar-refractivity contribution in [3.8, 4) is 5.75 Å². The average Bonchev–Trinajstić information content (AvgIpc) is 2.53. The molecule has 0 heterocycles. The first-order valence-corrected chi connectivity index (χ1v) is 7.18. The molecule has 2 aromatic rings. The molecular weight excluding hydrogens is 345 g/mol. The summed E-state index contributed by atoms with van der Waals surface area (Å²) in [6.07, 6.45) is 0. The minimum Gasteiger partial charge on any atom is -0.482 e. The number of hydrogen-bond donors (Lipinski definition) is 0. The molecule has 0 unspecified atom stereocenters. The molecule has 0 aliphatic rings. The predicted octanol–water partition coefficient (Wildman–Crippen LogP) is 4.02. The molecule has 0 atom stereocenters. The van der Waals surface area contributed by atoms with E-state index in [4.69, 9.17) is 32.7 Å². The van der Waals surface area contributed by atoms with Crippen molar-refractivity contribution >= 4 is 34.9 Å². The molecule has 8 heteroatoms. The maximum absolute atomic E-state index is 11.6. The lowest BCUT2D eigenvalue weighted by Gasteiger charge is -2.09. The van der Waals surface area contributed by atoms with Gasteiger partial charge in [0.1, 0.15) is 12.4 Å². The van der Waals surface area contributed by atoms with Crippen LogP contribution in [0.4, 0.5) is 5.69 Å². The van der Waals surface area contributed by atoms with Gasteiger partial charge < -0.3 is 9.47 Å². The number of carbonyl (C=O) groups is 1. The van der Waals surface area contributed by atoms with E-state index in [1.54, 1.807) is 18.2 Å². The van der Waals surface area contributed by atoms with Crippen LogP contribution in [0.5, 0.6) is 5.75 Å². The molecule has 0 radical (unpaired) electrons. The Balaban J connectivity index is 1.84. The van der Waals surface area contributed by atoms with Gasteiger partial charge in [0.25, 0.3) is 5.69 Å². The van der Waals surface area contributed by atoms with Gasteiger partial charge >= 0.3 is 5.97 Å². The number of non-ortho nitro benzene ring substituents is 1. The monoisotopic (exact) mass is 355 g/mol. The fourth-order valence-corrected chi connectivity index (χ4v) is 2.18. The van der Waals surface area contributed by atoms with E-state index < -0.39 is 10.9 Å². The summed E-state index contributed by atoms with van der Waals surface area (Å²) >= 11 is 11.9. The standard InChI is InChI=1S/C15H11Cl2NO5/c16-13-2-1-3-14(17)12(13)8-23-15(19)9-22-11-6-4-10(5-7-11)18(20)21/h1-7H,8-9H2. The molecule has 0 aliphatic carbocycles. The van der Waals surface area contributed by atoms with E-state index in [9.17, 15) is 14.9 Å². The number of rotatable bonds is 6. The molecule has 0 fully saturated rings. The van der Waals surface area contributed by atoms with Crippen LogP contribution >= 0.6 is 23.2 Å². The minimum absolute atomic E-state index is 0.0618. The maximum atomic E-state index is 11.6. The van der Waals surface area contributed by atoms with Gasteiger partial charge in [-0.15, -0.1) is 0 Å². The smallest absolute Gasteiger partial charge is 0.344 e. The van der Waals surface area contributed by atoms with E-state index in [0.717, 1.165) is 0 Å². The second kappa shape index (κ2) is 7.80. The molecule has 0 aromatic heterocycles. The Morgan fingerprint density at radius 1 is 1.09 bits per heavy atom. The van der Waals surface area contributed by atoms with Crippen LogP contribution in [0.15, 0.2) is 42.5 Å². The van der Waals surface area contributed by atoms with Gasteiger partial charge in [-0.2, -0.15) is 0 Å². The van der Waals surface area contributed by atoms with Gasteiger partial charge in [-0.3, -0.25) is 10.1 Å². The number of esters is 1. The van der Waals surface area contributed by atoms with E-state index in [1.807, 2.05) is 0 Å². The molecule has 0 saturated carbocycles. The highest BCUT2D eigenvalue weighted by atomic mass is 35.5. The summed E-state index contributed by atoms with van der Waals surface area (Å²) in [7, 11) is 0. The van der Waals surface area contributed by atoms with Crippen molar-refractivity contribution in [2.75, 3.05) is 6.61 Å². The van der Waals surface area contributed by atoms with Gasteiger partial charge in [0.15, 0.2) is 6.61 Å². The highest BCUT2D eigenvalue weighted by molar-refractivity contribution is 6.35. The molecular formula is C15H11Cl2NO5. The molecule has 0 bridgehead atoms. The van der Waals surface area contributed by atoms with Crippen molar-refractivity contribution in [1.29, 1.82) is 0 Å². The first-order valence-electron chi connectivity index (χ1n) is 6.43. The number of benzene rings is 2. The summed E-state index contributed by atoms with van der Waals surface area (Å²) in [5, 5.41) is 11.3. The van der Waals surface area contributed by atoms with Crippen molar-refractivity contribution in [3.63, 3.8) is 0 Å². The van der Waals surface area contributed by atoms with Crippen molar-refractivity contribution in [2.45, 2.75) is 6.61 Å². The average molecular weight is 356 g/mol. The van der Waals surface area contributed by atoms with Crippen molar-refractivity contribution in [1.82, 2.24) is 0 Å². The number of nitrogens with zero attached hydrogens (tertiary/aromatic N) is 1. The lowest BCUT2D eigenvalue weighted by molar-refractivity contribution is -0.384. The van der Waals surface area contributed by atoms with Crippen LogP contribution < -0.4 is 4.74 Å². The SMILES string of the molecule is O=C(COc1ccc([N+](=O)[O-])cc1)OCc1c(Cl)cccc1Cl. The van der Waals surface area contributed by atoms with Crippen LogP contribution in [0.2, 0.25) is 10.0 Å². The molecule has 6 nitrogen and oxygen atoms in total. The molecule has 0 N–H and O–H groups in total. The van der Waals surface area contributed by atoms with Gasteiger partial charge in [0, 0.05) is 27.7 Å².